The topological polar surface area (TPSA) is 26.3 Å². The minimum atomic E-state index is -0.232. The van der Waals surface area contributed by atoms with Crippen molar-refractivity contribution < 1.29 is 13.9 Å². The zero-order valence-corrected chi connectivity index (χ0v) is 10.7. The third-order valence-corrected chi connectivity index (χ3v) is 3.04. The molecule has 2 rings (SSSR count). The van der Waals surface area contributed by atoms with Crippen molar-refractivity contribution in [3.05, 3.63) is 65.0 Å². The number of halogens is 1. The van der Waals surface area contributed by atoms with Gasteiger partial charge in [0.05, 0.1) is 7.11 Å². The van der Waals surface area contributed by atoms with Gasteiger partial charge in [-0.2, -0.15) is 0 Å². The summed E-state index contributed by atoms with van der Waals surface area (Å²) in [6.45, 7) is 0. The molecule has 0 aromatic heterocycles. The van der Waals surface area contributed by atoms with Crippen LogP contribution in [0.3, 0.4) is 0 Å². The van der Waals surface area contributed by atoms with Crippen molar-refractivity contribution in [2.45, 2.75) is 12.8 Å². The van der Waals surface area contributed by atoms with Gasteiger partial charge in [0.15, 0.2) is 0 Å². The van der Waals surface area contributed by atoms with Crippen LogP contribution in [0.5, 0.6) is 5.75 Å². The van der Waals surface area contributed by atoms with E-state index in [-0.39, 0.29) is 5.82 Å². The highest BCUT2D eigenvalue weighted by Crippen LogP contribution is 2.21. The molecule has 19 heavy (non-hydrogen) atoms. The van der Waals surface area contributed by atoms with Crippen molar-refractivity contribution in [2.75, 3.05) is 7.11 Å². The Morgan fingerprint density at radius 3 is 2.47 bits per heavy atom. The van der Waals surface area contributed by atoms with Gasteiger partial charge in [0.1, 0.15) is 17.9 Å². The third-order valence-electron chi connectivity index (χ3n) is 3.04. The molecule has 0 bridgehead atoms. The molecule has 3 heteroatoms. The minimum Gasteiger partial charge on any atom is -0.496 e. The number of aryl methyl sites for hydroxylation is 2. The SMILES string of the molecule is COc1ccc(C=O)cc1CCc1ccc(F)cc1. The second kappa shape index (κ2) is 6.14. The zero-order valence-electron chi connectivity index (χ0n) is 10.7. The van der Waals surface area contributed by atoms with Gasteiger partial charge in [0.25, 0.3) is 0 Å². The predicted molar refractivity (Wildman–Crippen MR) is 72.2 cm³/mol. The van der Waals surface area contributed by atoms with Crippen LogP contribution >= 0.6 is 0 Å². The zero-order chi connectivity index (χ0) is 13.7. The van der Waals surface area contributed by atoms with E-state index in [0.717, 1.165) is 36.0 Å². The predicted octanol–water partition coefficient (Wildman–Crippen LogP) is 3.43. The molecule has 0 radical (unpaired) electrons. The molecule has 0 amide bonds. The Balaban J connectivity index is 2.13. The van der Waals surface area contributed by atoms with Gasteiger partial charge in [-0.15, -0.1) is 0 Å². The summed E-state index contributed by atoms with van der Waals surface area (Å²) >= 11 is 0. The maximum atomic E-state index is 12.8. The highest BCUT2D eigenvalue weighted by molar-refractivity contribution is 5.75. The van der Waals surface area contributed by atoms with Crippen molar-refractivity contribution >= 4 is 6.29 Å². The summed E-state index contributed by atoms with van der Waals surface area (Å²) in [4.78, 5) is 10.8. The van der Waals surface area contributed by atoms with Crippen LogP contribution in [-0.2, 0) is 12.8 Å². The van der Waals surface area contributed by atoms with Crippen LogP contribution in [0, 0.1) is 5.82 Å². The molecular formula is C16H15FO2. The van der Waals surface area contributed by atoms with Gasteiger partial charge in [-0.25, -0.2) is 4.39 Å². The average molecular weight is 258 g/mol. The van der Waals surface area contributed by atoms with E-state index < -0.39 is 0 Å². The summed E-state index contributed by atoms with van der Waals surface area (Å²) in [5.74, 6) is 0.539. The largest absolute Gasteiger partial charge is 0.496 e. The highest BCUT2D eigenvalue weighted by atomic mass is 19.1. The van der Waals surface area contributed by atoms with E-state index in [9.17, 15) is 9.18 Å². The standard InChI is InChI=1S/C16H15FO2/c1-19-16-9-5-13(11-18)10-14(16)6-2-12-3-7-15(17)8-4-12/h3-5,7-11H,2,6H2,1H3. The van der Waals surface area contributed by atoms with Crippen LogP contribution in [-0.4, -0.2) is 13.4 Å². The molecule has 0 saturated carbocycles. The van der Waals surface area contributed by atoms with Crippen molar-refractivity contribution in [1.29, 1.82) is 0 Å². The van der Waals surface area contributed by atoms with Gasteiger partial charge in [0, 0.05) is 5.56 Å². The monoisotopic (exact) mass is 258 g/mol. The minimum absolute atomic E-state index is 0.232. The molecule has 2 aromatic rings. The summed E-state index contributed by atoms with van der Waals surface area (Å²) in [7, 11) is 1.61. The molecule has 0 aliphatic carbocycles. The summed E-state index contributed by atoms with van der Waals surface area (Å²) in [5, 5.41) is 0. The first-order chi connectivity index (χ1) is 9.22. The van der Waals surface area contributed by atoms with E-state index >= 15 is 0 Å². The Bertz CT molecular complexity index is 561. The van der Waals surface area contributed by atoms with E-state index in [2.05, 4.69) is 0 Å². The fraction of sp³-hybridized carbons (Fsp3) is 0.188. The van der Waals surface area contributed by atoms with Gasteiger partial charge in [-0.3, -0.25) is 4.79 Å². The number of methoxy groups -OCH3 is 1. The van der Waals surface area contributed by atoms with Crippen LogP contribution in [0.1, 0.15) is 21.5 Å². The van der Waals surface area contributed by atoms with E-state index in [1.54, 1.807) is 31.4 Å². The quantitative estimate of drug-likeness (QED) is 0.768. The van der Waals surface area contributed by atoms with Crippen LogP contribution in [0.25, 0.3) is 0 Å². The molecule has 98 valence electrons. The Hall–Kier alpha value is -2.16. The van der Waals surface area contributed by atoms with Crippen molar-refractivity contribution in [3.63, 3.8) is 0 Å². The van der Waals surface area contributed by atoms with Gasteiger partial charge in [0.2, 0.25) is 0 Å². The maximum Gasteiger partial charge on any atom is 0.150 e. The third kappa shape index (κ3) is 3.41. The molecule has 2 nitrogen and oxygen atoms in total. The lowest BCUT2D eigenvalue weighted by Crippen LogP contribution is -1.97. The Kier molecular flexibility index (Phi) is 4.29. The number of ether oxygens (including phenoxy) is 1. The molecule has 0 fully saturated rings. The summed E-state index contributed by atoms with van der Waals surface area (Å²) < 4.78 is 18.1. The van der Waals surface area contributed by atoms with Crippen LogP contribution < -0.4 is 4.74 Å². The molecule has 0 aliphatic rings. The number of hydrogen-bond acceptors (Lipinski definition) is 2. The fourth-order valence-corrected chi connectivity index (χ4v) is 2.00. The van der Waals surface area contributed by atoms with Gasteiger partial charge >= 0.3 is 0 Å². The van der Waals surface area contributed by atoms with Crippen molar-refractivity contribution in [2.24, 2.45) is 0 Å². The van der Waals surface area contributed by atoms with Gasteiger partial charge < -0.3 is 4.74 Å². The summed E-state index contributed by atoms with van der Waals surface area (Å²) in [5.41, 5.74) is 2.67. The normalized spacial score (nSPS) is 10.2. The number of rotatable bonds is 5. The van der Waals surface area contributed by atoms with E-state index in [1.807, 2.05) is 6.07 Å². The summed E-state index contributed by atoms with van der Waals surface area (Å²) in [6.07, 6.45) is 2.34. The molecule has 0 spiro atoms. The first-order valence-corrected chi connectivity index (χ1v) is 6.09. The second-order valence-corrected chi connectivity index (χ2v) is 4.32. The highest BCUT2D eigenvalue weighted by Gasteiger charge is 2.05. The average Bonchev–Trinajstić information content (AvgIpc) is 2.46. The van der Waals surface area contributed by atoms with Crippen LogP contribution in [0.15, 0.2) is 42.5 Å². The first kappa shape index (κ1) is 13.3. The molecule has 0 heterocycles. The van der Waals surface area contributed by atoms with Crippen molar-refractivity contribution in [3.8, 4) is 5.75 Å². The lowest BCUT2D eigenvalue weighted by Gasteiger charge is -2.09. The van der Waals surface area contributed by atoms with E-state index in [1.165, 1.54) is 12.1 Å². The molecule has 0 aliphatic heterocycles. The van der Waals surface area contributed by atoms with Gasteiger partial charge in [-0.1, -0.05) is 12.1 Å². The number of benzene rings is 2. The Morgan fingerprint density at radius 1 is 1.11 bits per heavy atom. The number of aldehydes is 1. The first-order valence-electron chi connectivity index (χ1n) is 6.09. The Morgan fingerprint density at radius 2 is 1.84 bits per heavy atom. The lowest BCUT2D eigenvalue weighted by molar-refractivity contribution is 0.112. The van der Waals surface area contributed by atoms with Crippen molar-refractivity contribution in [1.82, 2.24) is 0 Å². The molecular weight excluding hydrogens is 243 g/mol. The molecule has 0 N–H and O–H groups in total. The van der Waals surface area contributed by atoms with Crippen LogP contribution in [0.2, 0.25) is 0 Å². The number of carbonyl (C=O) groups excluding carboxylic acids is 1. The molecule has 0 saturated heterocycles. The van der Waals surface area contributed by atoms with E-state index in [0.29, 0.717) is 5.56 Å². The molecule has 0 atom stereocenters. The number of hydrogen-bond donors (Lipinski definition) is 0. The maximum absolute atomic E-state index is 12.8. The number of carbonyl (C=O) groups is 1. The van der Waals surface area contributed by atoms with Crippen LogP contribution in [0.4, 0.5) is 4.39 Å². The van der Waals surface area contributed by atoms with Gasteiger partial charge in [-0.05, 0) is 54.3 Å². The lowest BCUT2D eigenvalue weighted by atomic mass is 10.0. The smallest absolute Gasteiger partial charge is 0.150 e. The second-order valence-electron chi connectivity index (χ2n) is 4.32. The van der Waals surface area contributed by atoms with E-state index in [4.69, 9.17) is 4.74 Å². The fourth-order valence-electron chi connectivity index (χ4n) is 2.00. The summed E-state index contributed by atoms with van der Waals surface area (Å²) in [6, 6.07) is 11.8. The molecule has 2 aromatic carbocycles. The molecule has 0 unspecified atom stereocenters. The Labute approximate surface area is 111 Å².